The molecule has 1 atom stereocenters. The number of aliphatic carboxylic acids is 1. The molecule has 8 nitrogen and oxygen atoms in total. The number of carbonyl (C=O) groups excluding carboxylic acids is 1. The lowest BCUT2D eigenvalue weighted by atomic mass is 9.76. The lowest BCUT2D eigenvalue weighted by molar-refractivity contribution is -0.136. The predicted molar refractivity (Wildman–Crippen MR) is 168 cm³/mol. The number of methoxy groups -OCH3 is 1. The van der Waals surface area contributed by atoms with Gasteiger partial charge in [-0.3, -0.25) is 9.59 Å². The van der Waals surface area contributed by atoms with Gasteiger partial charge in [0.25, 0.3) is 0 Å². The van der Waals surface area contributed by atoms with Crippen LogP contribution in [-0.2, 0) is 37.2 Å². The molecule has 0 bridgehead atoms. The number of ketones is 1. The van der Waals surface area contributed by atoms with E-state index in [0.717, 1.165) is 34.1 Å². The van der Waals surface area contributed by atoms with Gasteiger partial charge in [-0.15, -0.1) is 0 Å². The van der Waals surface area contributed by atoms with Crippen molar-refractivity contribution in [2.45, 2.75) is 44.9 Å². The summed E-state index contributed by atoms with van der Waals surface area (Å²) in [5, 5.41) is 18.0. The van der Waals surface area contributed by atoms with Crippen LogP contribution in [0.25, 0.3) is 10.8 Å². The first-order valence-electron chi connectivity index (χ1n) is 14.0. The number of nitrogens with one attached hydrogen (secondary N) is 2. The van der Waals surface area contributed by atoms with Gasteiger partial charge in [0.1, 0.15) is 5.76 Å². The first-order valence-corrected chi connectivity index (χ1v) is 15.3. The van der Waals surface area contributed by atoms with Crippen LogP contribution in [0.2, 0.25) is 0 Å². The molecule has 4 rings (SSSR count). The number of hydrogen-bond donors (Lipinski definition) is 4. The fourth-order valence-electron chi connectivity index (χ4n) is 5.33. The number of carbonyl (C=O) groups is 2. The Morgan fingerprint density at radius 1 is 1.02 bits per heavy atom. The average molecular weight is 591 g/mol. The minimum Gasteiger partial charge on any atom is -0.495 e. The highest BCUT2D eigenvalue weighted by atomic mass is 32.2. The first-order chi connectivity index (χ1) is 20.1. The Balaban J connectivity index is 1.50. The average Bonchev–Trinajstić information content (AvgIpc) is 2.95. The minimum atomic E-state index is -1.77. The van der Waals surface area contributed by atoms with Crippen molar-refractivity contribution in [2.24, 2.45) is 0 Å². The smallest absolute Gasteiger partial charge is 0.307 e. The number of carboxylic acid groups (broad SMARTS) is 1. The second-order valence-corrected chi connectivity index (χ2v) is 12.1. The normalized spacial score (nSPS) is 15.0. The zero-order valence-corrected chi connectivity index (χ0v) is 25.1. The molecule has 1 aliphatic carbocycles. The highest BCUT2D eigenvalue weighted by Crippen LogP contribution is 2.41. The molecule has 42 heavy (non-hydrogen) atoms. The lowest BCUT2D eigenvalue weighted by Crippen LogP contribution is -2.29. The summed E-state index contributed by atoms with van der Waals surface area (Å²) in [4.78, 5) is 24.1. The molecule has 1 unspecified atom stereocenters. The molecule has 1 aliphatic rings. The van der Waals surface area contributed by atoms with Crippen LogP contribution in [0, 0.1) is 0 Å². The van der Waals surface area contributed by atoms with Crippen LogP contribution in [-0.4, -0.2) is 51.6 Å². The van der Waals surface area contributed by atoms with Gasteiger partial charge in [-0.05, 0) is 64.8 Å². The van der Waals surface area contributed by atoms with Gasteiger partial charge in [0, 0.05) is 30.2 Å². The van der Waals surface area contributed by atoms with E-state index in [1.165, 1.54) is 0 Å². The molecule has 0 saturated carbocycles. The maximum Gasteiger partial charge on any atom is 0.307 e. The van der Waals surface area contributed by atoms with E-state index in [1.54, 1.807) is 31.4 Å². The highest BCUT2D eigenvalue weighted by molar-refractivity contribution is 7.79. The van der Waals surface area contributed by atoms with E-state index in [9.17, 15) is 13.8 Å². The van der Waals surface area contributed by atoms with Crippen LogP contribution in [0.5, 0.6) is 0 Å². The number of hydrogen-bond acceptors (Lipinski definition) is 6. The summed E-state index contributed by atoms with van der Waals surface area (Å²) in [6, 6.07) is 19.6. The summed E-state index contributed by atoms with van der Waals surface area (Å²) in [5.41, 5.74) is 4.50. The third-order valence-corrected chi connectivity index (χ3v) is 8.14. The Kier molecular flexibility index (Phi) is 10.2. The van der Waals surface area contributed by atoms with Crippen LogP contribution in [0.3, 0.4) is 0 Å². The third-order valence-electron chi connectivity index (χ3n) is 7.50. The van der Waals surface area contributed by atoms with Crippen molar-refractivity contribution in [1.82, 2.24) is 0 Å². The molecule has 0 radical (unpaired) electrons. The molecular weight excluding hydrogens is 552 g/mol. The quantitative estimate of drug-likeness (QED) is 0.0955. The molecule has 0 heterocycles. The molecule has 0 fully saturated rings. The van der Waals surface area contributed by atoms with E-state index < -0.39 is 17.0 Å². The number of allylic oxidation sites excluding steroid dienone is 2. The highest BCUT2D eigenvalue weighted by Gasteiger charge is 2.35. The van der Waals surface area contributed by atoms with Crippen molar-refractivity contribution < 1.29 is 28.2 Å². The zero-order chi connectivity index (χ0) is 30.3. The van der Waals surface area contributed by atoms with E-state index in [1.807, 2.05) is 18.2 Å². The standard InChI is InChI=1S/C33H38N2O6S/c1-33(2,30-25-9-5-4-8-23(25)12-15-28(30)34-18-6-7-19-42(39)40)17-16-26-31(38)27(32(26)41-3)21-35-24-13-10-22(11-14-24)20-29(36)37/h4-5,8-16,34-35H,6-7,17-21H2,1-3H3,(H,36,37)(H,39,40)/b26-16+. The maximum atomic E-state index is 13.1. The van der Waals surface area contributed by atoms with Crippen LogP contribution in [0.4, 0.5) is 11.4 Å². The Bertz CT molecular complexity index is 1540. The number of carboxylic acids is 1. The van der Waals surface area contributed by atoms with E-state index >= 15 is 0 Å². The fraction of sp³-hybridized carbons (Fsp3) is 0.333. The van der Waals surface area contributed by atoms with Gasteiger partial charge in [-0.2, -0.15) is 0 Å². The van der Waals surface area contributed by atoms with Crippen molar-refractivity contribution in [3.05, 3.63) is 94.8 Å². The van der Waals surface area contributed by atoms with Crippen LogP contribution in [0.15, 0.2) is 83.6 Å². The summed E-state index contributed by atoms with van der Waals surface area (Å²) < 4.78 is 25.6. The zero-order valence-electron chi connectivity index (χ0n) is 24.2. The van der Waals surface area contributed by atoms with Crippen molar-refractivity contribution in [1.29, 1.82) is 0 Å². The molecule has 0 aromatic heterocycles. The Hall–Kier alpha value is -3.95. The molecule has 0 saturated heterocycles. The van der Waals surface area contributed by atoms with Crippen molar-refractivity contribution in [2.75, 3.05) is 36.6 Å². The van der Waals surface area contributed by atoms with E-state index in [4.69, 9.17) is 14.4 Å². The number of anilines is 2. The van der Waals surface area contributed by atoms with Crippen LogP contribution in [0.1, 0.15) is 44.2 Å². The largest absolute Gasteiger partial charge is 0.495 e. The molecular formula is C33H38N2O6S. The van der Waals surface area contributed by atoms with E-state index in [2.05, 4.69) is 48.7 Å². The topological polar surface area (TPSA) is 125 Å². The number of benzene rings is 3. The van der Waals surface area contributed by atoms with Gasteiger partial charge >= 0.3 is 5.97 Å². The molecule has 0 aliphatic heterocycles. The van der Waals surface area contributed by atoms with Crippen molar-refractivity contribution in [3.8, 4) is 0 Å². The van der Waals surface area contributed by atoms with Gasteiger partial charge in [0.05, 0.1) is 24.7 Å². The molecule has 0 amide bonds. The van der Waals surface area contributed by atoms with Crippen molar-refractivity contribution >= 4 is 45.0 Å². The maximum absolute atomic E-state index is 13.1. The molecule has 0 spiro atoms. The Morgan fingerprint density at radius 3 is 2.45 bits per heavy atom. The number of unbranched alkanes of at least 4 members (excludes halogenated alkanes) is 1. The van der Waals surface area contributed by atoms with Gasteiger partial charge in [0.2, 0.25) is 0 Å². The van der Waals surface area contributed by atoms with E-state index in [0.29, 0.717) is 48.4 Å². The second-order valence-electron chi connectivity index (χ2n) is 11.0. The van der Waals surface area contributed by atoms with Crippen LogP contribution < -0.4 is 10.6 Å². The summed E-state index contributed by atoms with van der Waals surface area (Å²) in [7, 11) is 1.57. The monoisotopic (exact) mass is 590 g/mol. The van der Waals surface area contributed by atoms with Gasteiger partial charge < -0.3 is 25.0 Å². The minimum absolute atomic E-state index is 0.0353. The number of Topliss-reactive ketones (excluding diaryl/α,β-unsaturated/α-hetero) is 1. The molecule has 222 valence electrons. The van der Waals surface area contributed by atoms with Crippen LogP contribution >= 0.6 is 0 Å². The summed E-state index contributed by atoms with van der Waals surface area (Å²) in [5.74, 6) is -0.0701. The molecule has 9 heteroatoms. The third kappa shape index (κ3) is 7.46. The lowest BCUT2D eigenvalue weighted by Gasteiger charge is -2.31. The number of ether oxygens (including phenoxy) is 1. The molecule has 4 N–H and O–H groups in total. The molecule has 3 aromatic carbocycles. The Morgan fingerprint density at radius 2 is 1.76 bits per heavy atom. The number of fused-ring (bicyclic) bond motifs is 1. The SMILES string of the molecule is COC1=C(CNc2ccc(CC(=O)O)cc2)C(=O)/C1=C\CC(C)(C)c1c(NCCCCS(=O)O)ccc2ccccc12. The van der Waals surface area contributed by atoms with Gasteiger partial charge in [-0.1, -0.05) is 62.4 Å². The van der Waals surface area contributed by atoms with Crippen molar-refractivity contribution in [3.63, 3.8) is 0 Å². The second kappa shape index (κ2) is 13.8. The molecule has 3 aromatic rings. The van der Waals surface area contributed by atoms with E-state index in [-0.39, 0.29) is 23.4 Å². The first kappa shape index (κ1) is 31.0. The van der Waals surface area contributed by atoms with Gasteiger partial charge in [-0.25, -0.2) is 4.21 Å². The van der Waals surface area contributed by atoms with Gasteiger partial charge in [0.15, 0.2) is 16.9 Å². The predicted octanol–water partition coefficient (Wildman–Crippen LogP) is 6.07. The Labute approximate surface area is 249 Å². The summed E-state index contributed by atoms with van der Waals surface area (Å²) in [6.45, 7) is 5.33. The summed E-state index contributed by atoms with van der Waals surface area (Å²) >= 11 is -1.77. The summed E-state index contributed by atoms with van der Waals surface area (Å²) in [6.07, 6.45) is 3.98. The number of rotatable bonds is 15. The fourth-order valence-corrected chi connectivity index (χ4v) is 5.79.